The highest BCUT2D eigenvalue weighted by Gasteiger charge is 2.12. The number of hydrogen-bond acceptors (Lipinski definition) is 5. The summed E-state index contributed by atoms with van der Waals surface area (Å²) in [6.45, 7) is 3.79. The standard InChI is InChI=1S/C19H21N3O3/c1-13(16-7-6-15-4-3-5-17(15)12-16)20-21-14(2)25-19-10-8-18(9-11-19)22(23)24/h6-12,14,21H,3-5H2,1-2H3/b20-13+. The highest BCUT2D eigenvalue weighted by Crippen LogP contribution is 2.23. The van der Waals surface area contributed by atoms with Gasteiger partial charge >= 0.3 is 0 Å². The van der Waals surface area contributed by atoms with Gasteiger partial charge in [0.15, 0.2) is 6.23 Å². The van der Waals surface area contributed by atoms with Crippen LogP contribution in [0, 0.1) is 10.1 Å². The maximum absolute atomic E-state index is 10.7. The van der Waals surface area contributed by atoms with Crippen molar-refractivity contribution in [3.05, 3.63) is 69.3 Å². The fourth-order valence-electron chi connectivity index (χ4n) is 2.93. The van der Waals surface area contributed by atoms with E-state index in [2.05, 4.69) is 28.7 Å². The number of nitro benzene ring substituents is 1. The summed E-state index contributed by atoms with van der Waals surface area (Å²) in [6, 6.07) is 12.5. The number of rotatable bonds is 6. The van der Waals surface area contributed by atoms with Crippen LogP contribution in [0.15, 0.2) is 47.6 Å². The Morgan fingerprint density at radius 2 is 1.92 bits per heavy atom. The number of non-ortho nitro benzene ring substituents is 1. The molecular weight excluding hydrogens is 318 g/mol. The number of ether oxygens (including phenoxy) is 1. The molecule has 6 heteroatoms. The molecule has 0 saturated carbocycles. The molecule has 130 valence electrons. The summed E-state index contributed by atoms with van der Waals surface area (Å²) >= 11 is 0. The van der Waals surface area contributed by atoms with Crippen molar-refractivity contribution in [2.45, 2.75) is 39.3 Å². The molecule has 0 aliphatic heterocycles. The lowest BCUT2D eigenvalue weighted by molar-refractivity contribution is -0.384. The lowest BCUT2D eigenvalue weighted by Gasteiger charge is -2.15. The minimum Gasteiger partial charge on any atom is -0.470 e. The first-order chi connectivity index (χ1) is 12.0. The average molecular weight is 339 g/mol. The molecule has 0 bridgehead atoms. The normalized spacial score (nSPS) is 14.7. The van der Waals surface area contributed by atoms with E-state index in [0.717, 1.165) is 17.7 Å². The fraction of sp³-hybridized carbons (Fsp3) is 0.316. The fourth-order valence-corrected chi connectivity index (χ4v) is 2.93. The van der Waals surface area contributed by atoms with Gasteiger partial charge in [0.25, 0.3) is 5.69 Å². The predicted octanol–water partition coefficient (Wildman–Crippen LogP) is 3.82. The summed E-state index contributed by atoms with van der Waals surface area (Å²) in [7, 11) is 0. The molecule has 3 rings (SSSR count). The Morgan fingerprint density at radius 3 is 2.64 bits per heavy atom. The van der Waals surface area contributed by atoms with Gasteiger partial charge in [0.2, 0.25) is 0 Å². The number of aryl methyl sites for hydroxylation is 2. The van der Waals surface area contributed by atoms with E-state index in [4.69, 9.17) is 4.74 Å². The third kappa shape index (κ3) is 4.15. The number of benzene rings is 2. The summed E-state index contributed by atoms with van der Waals surface area (Å²) in [5.41, 5.74) is 7.87. The number of nitrogens with zero attached hydrogens (tertiary/aromatic N) is 2. The zero-order valence-electron chi connectivity index (χ0n) is 14.4. The van der Waals surface area contributed by atoms with Gasteiger partial charge in [-0.2, -0.15) is 5.10 Å². The van der Waals surface area contributed by atoms with Crippen molar-refractivity contribution >= 4 is 11.4 Å². The molecule has 1 aliphatic rings. The van der Waals surface area contributed by atoms with E-state index in [-0.39, 0.29) is 11.9 Å². The number of nitrogens with one attached hydrogen (secondary N) is 1. The van der Waals surface area contributed by atoms with Crippen molar-refractivity contribution < 1.29 is 9.66 Å². The second-order valence-electron chi connectivity index (χ2n) is 6.17. The first kappa shape index (κ1) is 17.0. The summed E-state index contributed by atoms with van der Waals surface area (Å²) in [5.74, 6) is 0.552. The number of hydrogen-bond donors (Lipinski definition) is 1. The van der Waals surface area contributed by atoms with E-state index in [1.165, 1.54) is 36.1 Å². The highest BCUT2D eigenvalue weighted by atomic mass is 16.6. The Hall–Kier alpha value is -2.89. The molecule has 0 aromatic heterocycles. The molecule has 6 nitrogen and oxygen atoms in total. The first-order valence-corrected chi connectivity index (χ1v) is 8.36. The SMILES string of the molecule is C/C(=N\NC(C)Oc1ccc([N+](=O)[O-])cc1)c1ccc2c(c1)CCC2. The smallest absolute Gasteiger partial charge is 0.269 e. The van der Waals surface area contributed by atoms with Crippen molar-refractivity contribution in [2.24, 2.45) is 5.10 Å². The van der Waals surface area contributed by atoms with Crippen molar-refractivity contribution in [3.8, 4) is 5.75 Å². The van der Waals surface area contributed by atoms with Crippen LogP contribution in [-0.2, 0) is 12.8 Å². The van der Waals surface area contributed by atoms with E-state index < -0.39 is 4.92 Å². The Kier molecular flexibility index (Phi) is 4.97. The molecule has 25 heavy (non-hydrogen) atoms. The van der Waals surface area contributed by atoms with Gasteiger partial charge in [-0.1, -0.05) is 12.1 Å². The van der Waals surface area contributed by atoms with Gasteiger partial charge in [-0.05, 0) is 68.0 Å². The topological polar surface area (TPSA) is 76.8 Å². The van der Waals surface area contributed by atoms with Crippen LogP contribution in [-0.4, -0.2) is 16.9 Å². The van der Waals surface area contributed by atoms with Crippen molar-refractivity contribution in [2.75, 3.05) is 0 Å². The summed E-state index contributed by atoms with van der Waals surface area (Å²) in [5, 5.41) is 15.0. The summed E-state index contributed by atoms with van der Waals surface area (Å²) in [4.78, 5) is 10.2. The largest absolute Gasteiger partial charge is 0.470 e. The van der Waals surface area contributed by atoms with Gasteiger partial charge in [-0.15, -0.1) is 0 Å². The molecule has 2 aromatic carbocycles. The van der Waals surface area contributed by atoms with Crippen LogP contribution < -0.4 is 10.2 Å². The maximum atomic E-state index is 10.7. The predicted molar refractivity (Wildman–Crippen MR) is 97.0 cm³/mol. The molecule has 1 aliphatic carbocycles. The zero-order chi connectivity index (χ0) is 17.8. The van der Waals surface area contributed by atoms with Crippen LogP contribution in [0.4, 0.5) is 5.69 Å². The molecule has 0 saturated heterocycles. The van der Waals surface area contributed by atoms with Gasteiger partial charge in [0.05, 0.1) is 10.6 Å². The first-order valence-electron chi connectivity index (χ1n) is 8.36. The molecule has 0 fully saturated rings. The summed E-state index contributed by atoms with van der Waals surface area (Å²) < 4.78 is 5.67. The molecule has 1 atom stereocenters. The van der Waals surface area contributed by atoms with E-state index in [1.807, 2.05) is 13.8 Å². The molecule has 0 radical (unpaired) electrons. The van der Waals surface area contributed by atoms with Crippen LogP contribution in [0.1, 0.15) is 37.0 Å². The third-order valence-electron chi connectivity index (χ3n) is 4.29. The van der Waals surface area contributed by atoms with Crippen LogP contribution in [0.5, 0.6) is 5.75 Å². The maximum Gasteiger partial charge on any atom is 0.269 e. The van der Waals surface area contributed by atoms with Crippen molar-refractivity contribution in [3.63, 3.8) is 0 Å². The van der Waals surface area contributed by atoms with Gasteiger partial charge < -0.3 is 4.74 Å². The monoisotopic (exact) mass is 339 g/mol. The molecule has 0 heterocycles. The lowest BCUT2D eigenvalue weighted by atomic mass is 10.0. The highest BCUT2D eigenvalue weighted by molar-refractivity contribution is 5.98. The minimum atomic E-state index is -0.435. The van der Waals surface area contributed by atoms with Crippen LogP contribution in [0.3, 0.4) is 0 Å². The van der Waals surface area contributed by atoms with Gasteiger partial charge in [-0.25, -0.2) is 0 Å². The second kappa shape index (κ2) is 7.34. The number of nitro groups is 1. The third-order valence-corrected chi connectivity index (χ3v) is 4.29. The second-order valence-corrected chi connectivity index (χ2v) is 6.17. The molecule has 0 amide bonds. The van der Waals surface area contributed by atoms with E-state index in [1.54, 1.807) is 12.1 Å². The van der Waals surface area contributed by atoms with Crippen LogP contribution in [0.2, 0.25) is 0 Å². The number of fused-ring (bicyclic) bond motifs is 1. The van der Waals surface area contributed by atoms with Crippen LogP contribution in [0.25, 0.3) is 0 Å². The molecular formula is C19H21N3O3. The Balaban J connectivity index is 1.59. The van der Waals surface area contributed by atoms with Gasteiger partial charge in [0.1, 0.15) is 5.75 Å². The summed E-state index contributed by atoms with van der Waals surface area (Å²) in [6.07, 6.45) is 3.19. The van der Waals surface area contributed by atoms with Crippen molar-refractivity contribution in [1.29, 1.82) is 0 Å². The number of hydrazone groups is 1. The van der Waals surface area contributed by atoms with Gasteiger partial charge in [0, 0.05) is 12.1 Å². The Labute approximate surface area is 146 Å². The van der Waals surface area contributed by atoms with E-state index in [9.17, 15) is 10.1 Å². The molecule has 1 N–H and O–H groups in total. The minimum absolute atomic E-state index is 0.0402. The molecule has 0 spiro atoms. The molecule has 2 aromatic rings. The van der Waals surface area contributed by atoms with Gasteiger partial charge in [-0.3, -0.25) is 15.5 Å². The Bertz CT molecular complexity index is 800. The quantitative estimate of drug-likeness (QED) is 0.376. The average Bonchev–Trinajstić information content (AvgIpc) is 3.07. The zero-order valence-corrected chi connectivity index (χ0v) is 14.4. The van der Waals surface area contributed by atoms with E-state index in [0.29, 0.717) is 5.75 Å². The van der Waals surface area contributed by atoms with Crippen molar-refractivity contribution in [1.82, 2.24) is 5.43 Å². The van der Waals surface area contributed by atoms with Crippen LogP contribution >= 0.6 is 0 Å². The Morgan fingerprint density at radius 1 is 1.20 bits per heavy atom. The lowest BCUT2D eigenvalue weighted by Crippen LogP contribution is -2.28. The van der Waals surface area contributed by atoms with E-state index >= 15 is 0 Å². The molecule has 1 unspecified atom stereocenters.